The van der Waals surface area contributed by atoms with Crippen molar-refractivity contribution in [3.63, 3.8) is 0 Å². The highest BCUT2D eigenvalue weighted by Crippen LogP contribution is 2.38. The molecular formula is C14H12N2O4. The molecule has 2 atom stereocenters. The van der Waals surface area contributed by atoms with Crippen molar-refractivity contribution in [1.29, 1.82) is 0 Å². The van der Waals surface area contributed by atoms with Gasteiger partial charge in [-0.2, -0.15) is 0 Å². The van der Waals surface area contributed by atoms with Crippen molar-refractivity contribution in [2.24, 2.45) is 11.8 Å². The Kier molecular flexibility index (Phi) is 2.85. The molecule has 0 spiro atoms. The molecule has 20 heavy (non-hydrogen) atoms. The number of nitrogens with zero attached hydrogens (tertiary/aromatic N) is 2. The zero-order chi connectivity index (χ0) is 14.3. The summed E-state index contributed by atoms with van der Waals surface area (Å²) in [6, 6.07) is 5.63. The third-order valence-electron chi connectivity index (χ3n) is 3.81. The standard InChI is InChI=1S/C14H12N2O4/c17-13-11-6-1-2-7-12(11)14(18)15(13)9-4-3-5-10(8-9)16(19)20/h1-5,8,11-12H,6-7H2/t11-,12-/m1/s1. The second kappa shape index (κ2) is 4.56. The number of anilines is 1. The molecule has 1 aliphatic carbocycles. The van der Waals surface area contributed by atoms with Gasteiger partial charge >= 0.3 is 0 Å². The largest absolute Gasteiger partial charge is 0.274 e. The fourth-order valence-corrected chi connectivity index (χ4v) is 2.80. The van der Waals surface area contributed by atoms with Gasteiger partial charge in [-0.15, -0.1) is 0 Å². The van der Waals surface area contributed by atoms with Gasteiger partial charge in [-0.1, -0.05) is 18.2 Å². The Hall–Kier alpha value is -2.50. The van der Waals surface area contributed by atoms with Crippen molar-refractivity contribution in [3.8, 4) is 0 Å². The molecule has 0 saturated carbocycles. The highest BCUT2D eigenvalue weighted by molar-refractivity contribution is 6.22. The summed E-state index contributed by atoms with van der Waals surface area (Å²) >= 11 is 0. The highest BCUT2D eigenvalue weighted by atomic mass is 16.6. The number of fused-ring (bicyclic) bond motifs is 1. The van der Waals surface area contributed by atoms with Gasteiger partial charge in [-0.3, -0.25) is 19.7 Å². The lowest BCUT2D eigenvalue weighted by atomic mass is 9.85. The number of rotatable bonds is 2. The zero-order valence-electron chi connectivity index (χ0n) is 10.6. The molecule has 0 unspecified atom stereocenters. The lowest BCUT2D eigenvalue weighted by Gasteiger charge is -2.14. The Bertz CT molecular complexity index is 612. The summed E-state index contributed by atoms with van der Waals surface area (Å²) in [5.41, 5.74) is 0.152. The second-order valence-electron chi connectivity index (χ2n) is 4.94. The van der Waals surface area contributed by atoms with Crippen molar-refractivity contribution in [3.05, 3.63) is 46.5 Å². The molecule has 1 aromatic rings. The minimum atomic E-state index is -0.539. The van der Waals surface area contributed by atoms with Gasteiger partial charge in [0.1, 0.15) is 0 Å². The van der Waals surface area contributed by atoms with Gasteiger partial charge in [-0.25, -0.2) is 4.90 Å². The normalized spacial score (nSPS) is 24.9. The summed E-state index contributed by atoms with van der Waals surface area (Å²) < 4.78 is 0. The van der Waals surface area contributed by atoms with Gasteiger partial charge in [0.2, 0.25) is 11.8 Å². The van der Waals surface area contributed by atoms with Crippen LogP contribution in [0.15, 0.2) is 36.4 Å². The maximum absolute atomic E-state index is 12.3. The molecular weight excluding hydrogens is 260 g/mol. The van der Waals surface area contributed by atoms with Crippen molar-refractivity contribution in [2.75, 3.05) is 4.90 Å². The number of nitro groups is 1. The first kappa shape index (κ1) is 12.5. The van der Waals surface area contributed by atoms with Crippen LogP contribution in [0.25, 0.3) is 0 Å². The fraction of sp³-hybridized carbons (Fsp3) is 0.286. The number of imide groups is 1. The first-order valence-electron chi connectivity index (χ1n) is 6.37. The van der Waals surface area contributed by atoms with Crippen LogP contribution in [0, 0.1) is 22.0 Å². The molecule has 2 amide bonds. The van der Waals surface area contributed by atoms with E-state index in [2.05, 4.69) is 0 Å². The maximum Gasteiger partial charge on any atom is 0.271 e. The predicted molar refractivity (Wildman–Crippen MR) is 70.9 cm³/mol. The van der Waals surface area contributed by atoms with Crippen LogP contribution in [-0.4, -0.2) is 16.7 Å². The minimum absolute atomic E-state index is 0.129. The van der Waals surface area contributed by atoms with Gasteiger partial charge in [0.05, 0.1) is 22.4 Å². The number of benzene rings is 1. The van der Waals surface area contributed by atoms with Crippen LogP contribution in [0.2, 0.25) is 0 Å². The Morgan fingerprint density at radius 3 is 2.25 bits per heavy atom. The molecule has 6 nitrogen and oxygen atoms in total. The Labute approximate surface area is 114 Å². The van der Waals surface area contributed by atoms with E-state index in [1.807, 2.05) is 12.2 Å². The van der Waals surface area contributed by atoms with E-state index in [-0.39, 0.29) is 35.0 Å². The molecule has 1 saturated heterocycles. The van der Waals surface area contributed by atoms with Crippen LogP contribution in [0.3, 0.4) is 0 Å². The smallest absolute Gasteiger partial charge is 0.271 e. The van der Waals surface area contributed by atoms with Gasteiger partial charge < -0.3 is 0 Å². The Balaban J connectivity index is 1.98. The number of allylic oxidation sites excluding steroid dienone is 2. The molecule has 102 valence electrons. The quantitative estimate of drug-likeness (QED) is 0.357. The number of non-ortho nitro benzene ring substituents is 1. The Morgan fingerprint density at radius 2 is 1.70 bits per heavy atom. The van der Waals surface area contributed by atoms with E-state index in [4.69, 9.17) is 0 Å². The summed E-state index contributed by atoms with van der Waals surface area (Å²) in [6.45, 7) is 0. The molecule has 0 bridgehead atoms. The third kappa shape index (κ3) is 1.80. The van der Waals surface area contributed by atoms with Crippen LogP contribution in [0.1, 0.15) is 12.8 Å². The van der Waals surface area contributed by atoms with E-state index in [0.717, 1.165) is 4.90 Å². The summed E-state index contributed by atoms with van der Waals surface area (Å²) in [7, 11) is 0. The lowest BCUT2D eigenvalue weighted by Crippen LogP contribution is -2.30. The van der Waals surface area contributed by atoms with E-state index in [1.54, 1.807) is 6.07 Å². The monoisotopic (exact) mass is 272 g/mol. The van der Waals surface area contributed by atoms with Crippen LogP contribution in [0.5, 0.6) is 0 Å². The molecule has 0 radical (unpaired) electrons. The van der Waals surface area contributed by atoms with E-state index in [1.165, 1.54) is 18.2 Å². The average molecular weight is 272 g/mol. The summed E-state index contributed by atoms with van der Waals surface area (Å²) in [5, 5.41) is 10.8. The number of carbonyl (C=O) groups is 2. The van der Waals surface area contributed by atoms with E-state index >= 15 is 0 Å². The maximum atomic E-state index is 12.3. The number of amides is 2. The lowest BCUT2D eigenvalue weighted by molar-refractivity contribution is -0.384. The topological polar surface area (TPSA) is 80.5 Å². The number of hydrogen-bond donors (Lipinski definition) is 0. The molecule has 6 heteroatoms. The van der Waals surface area contributed by atoms with Gasteiger partial charge in [0.15, 0.2) is 0 Å². The molecule has 1 aliphatic heterocycles. The summed E-state index contributed by atoms with van der Waals surface area (Å²) in [6.07, 6.45) is 4.92. The van der Waals surface area contributed by atoms with Gasteiger partial charge in [0.25, 0.3) is 5.69 Å². The van der Waals surface area contributed by atoms with Crippen LogP contribution >= 0.6 is 0 Å². The third-order valence-corrected chi connectivity index (χ3v) is 3.81. The molecule has 1 fully saturated rings. The van der Waals surface area contributed by atoms with Crippen LogP contribution in [-0.2, 0) is 9.59 Å². The van der Waals surface area contributed by atoms with Crippen LogP contribution in [0.4, 0.5) is 11.4 Å². The minimum Gasteiger partial charge on any atom is -0.274 e. The van der Waals surface area contributed by atoms with E-state index in [0.29, 0.717) is 12.8 Å². The first-order chi connectivity index (χ1) is 9.59. The fourth-order valence-electron chi connectivity index (χ4n) is 2.80. The molecule has 3 rings (SSSR count). The predicted octanol–water partition coefficient (Wildman–Crippen LogP) is 2.05. The number of nitro benzene ring substituents is 1. The first-order valence-corrected chi connectivity index (χ1v) is 6.37. The molecule has 2 aliphatic rings. The Morgan fingerprint density at radius 1 is 1.10 bits per heavy atom. The number of hydrogen-bond acceptors (Lipinski definition) is 4. The number of carbonyl (C=O) groups excluding carboxylic acids is 2. The van der Waals surface area contributed by atoms with Crippen molar-refractivity contribution >= 4 is 23.2 Å². The van der Waals surface area contributed by atoms with E-state index < -0.39 is 4.92 Å². The van der Waals surface area contributed by atoms with Crippen molar-refractivity contribution < 1.29 is 14.5 Å². The zero-order valence-corrected chi connectivity index (χ0v) is 10.6. The van der Waals surface area contributed by atoms with Gasteiger partial charge in [0, 0.05) is 12.1 Å². The summed E-state index contributed by atoms with van der Waals surface area (Å²) in [4.78, 5) is 36.0. The molecule has 0 aromatic heterocycles. The molecule has 1 aromatic carbocycles. The molecule has 0 N–H and O–H groups in total. The average Bonchev–Trinajstić information content (AvgIpc) is 2.72. The second-order valence-corrected chi connectivity index (χ2v) is 4.94. The highest BCUT2D eigenvalue weighted by Gasteiger charge is 2.47. The van der Waals surface area contributed by atoms with Crippen molar-refractivity contribution in [2.45, 2.75) is 12.8 Å². The molecule has 1 heterocycles. The van der Waals surface area contributed by atoms with Crippen molar-refractivity contribution in [1.82, 2.24) is 0 Å². The van der Waals surface area contributed by atoms with Gasteiger partial charge in [-0.05, 0) is 18.9 Å². The van der Waals surface area contributed by atoms with E-state index in [9.17, 15) is 19.7 Å². The SMILES string of the molecule is O=C1[C@@H]2CC=CC[C@H]2C(=O)N1c1cccc([N+](=O)[O-])c1. The summed E-state index contributed by atoms with van der Waals surface area (Å²) in [5.74, 6) is -1.17. The van der Waals surface area contributed by atoms with Crippen LogP contribution < -0.4 is 4.90 Å².